The molecule has 2 aliphatic heterocycles. The van der Waals surface area contributed by atoms with Gasteiger partial charge in [0.25, 0.3) is 0 Å². The molecule has 5 nitrogen and oxygen atoms in total. The summed E-state index contributed by atoms with van der Waals surface area (Å²) in [7, 11) is -0.292. The van der Waals surface area contributed by atoms with Crippen LogP contribution in [0.1, 0.15) is 20.8 Å². The summed E-state index contributed by atoms with van der Waals surface area (Å²) in [5, 5.41) is 0. The number of likely N-dealkylation sites (tertiary alicyclic amines) is 1. The molecule has 0 aliphatic carbocycles. The summed E-state index contributed by atoms with van der Waals surface area (Å²) in [4.78, 5) is 12.9. The molecule has 0 atom stereocenters. The van der Waals surface area contributed by atoms with Crippen molar-refractivity contribution >= 4 is 18.5 Å². The summed E-state index contributed by atoms with van der Waals surface area (Å²) in [5.41, 5.74) is 0.774. The molecule has 2 fully saturated rings. The van der Waals surface area contributed by atoms with Gasteiger partial charge in [-0.3, -0.25) is 4.79 Å². The Bertz CT molecular complexity index is 540. The molecular weight excluding hydrogens is 281 g/mol. The van der Waals surface area contributed by atoms with Gasteiger partial charge in [0.05, 0.1) is 18.8 Å². The number of hydrogen-bond donors (Lipinski definition) is 0. The van der Waals surface area contributed by atoms with E-state index in [0.29, 0.717) is 19.1 Å². The summed E-state index contributed by atoms with van der Waals surface area (Å²) in [6, 6.07) is 7.83. The Hall–Kier alpha value is -1.53. The number of carbonyl (C=O) groups is 1. The molecular formula is C16H22BNO4. The molecule has 0 aromatic heterocycles. The molecule has 22 heavy (non-hydrogen) atoms. The van der Waals surface area contributed by atoms with Crippen molar-refractivity contribution in [2.75, 3.05) is 26.3 Å². The van der Waals surface area contributed by atoms with Crippen molar-refractivity contribution in [2.24, 2.45) is 5.92 Å². The first-order valence-corrected chi connectivity index (χ1v) is 7.71. The van der Waals surface area contributed by atoms with Crippen molar-refractivity contribution in [1.29, 1.82) is 0 Å². The van der Waals surface area contributed by atoms with Crippen LogP contribution in [0.3, 0.4) is 0 Å². The van der Waals surface area contributed by atoms with E-state index in [0.717, 1.165) is 24.3 Å². The lowest BCUT2D eigenvalue weighted by molar-refractivity contribution is -0.135. The molecule has 2 saturated heterocycles. The van der Waals surface area contributed by atoms with E-state index in [1.807, 2.05) is 43.0 Å². The Morgan fingerprint density at radius 3 is 2.59 bits per heavy atom. The standard InChI is InChI=1S/C16H22BNO4/c1-12(19)18-8-13(9-18)10-20-15-6-4-14(5-7-15)17-21-11-16(2,3)22-17/h4-7,13H,8-11H2,1-3H3. The highest BCUT2D eigenvalue weighted by Crippen LogP contribution is 2.21. The van der Waals surface area contributed by atoms with E-state index < -0.39 is 0 Å². The van der Waals surface area contributed by atoms with E-state index in [2.05, 4.69) is 0 Å². The summed E-state index contributed by atoms with van der Waals surface area (Å²) in [6.45, 7) is 8.49. The number of ether oxygens (including phenoxy) is 1. The fourth-order valence-electron chi connectivity index (χ4n) is 2.67. The molecule has 1 amide bonds. The molecule has 0 radical (unpaired) electrons. The Kier molecular flexibility index (Phi) is 4.15. The second kappa shape index (κ2) is 5.93. The minimum Gasteiger partial charge on any atom is -0.493 e. The first-order chi connectivity index (χ1) is 10.4. The predicted molar refractivity (Wildman–Crippen MR) is 84.2 cm³/mol. The van der Waals surface area contributed by atoms with Gasteiger partial charge in [0.2, 0.25) is 5.91 Å². The van der Waals surface area contributed by atoms with Gasteiger partial charge < -0.3 is 18.9 Å². The highest BCUT2D eigenvalue weighted by atomic mass is 16.7. The van der Waals surface area contributed by atoms with E-state index in [4.69, 9.17) is 14.0 Å². The van der Waals surface area contributed by atoms with Gasteiger partial charge >= 0.3 is 7.12 Å². The van der Waals surface area contributed by atoms with Crippen LogP contribution in [0.25, 0.3) is 0 Å². The second-order valence-corrected chi connectivity index (χ2v) is 6.69. The second-order valence-electron chi connectivity index (χ2n) is 6.69. The highest BCUT2D eigenvalue weighted by Gasteiger charge is 2.38. The molecule has 0 N–H and O–H groups in total. The maximum atomic E-state index is 11.1. The first-order valence-electron chi connectivity index (χ1n) is 7.71. The average molecular weight is 303 g/mol. The molecule has 2 aliphatic rings. The van der Waals surface area contributed by atoms with Gasteiger partial charge in [-0.2, -0.15) is 0 Å². The summed E-state index contributed by atoms with van der Waals surface area (Å²) >= 11 is 0. The molecule has 0 bridgehead atoms. The SMILES string of the molecule is CC(=O)N1CC(COc2ccc(B3OCC(C)(C)O3)cc2)C1. The third-order valence-electron chi connectivity index (χ3n) is 4.05. The van der Waals surface area contributed by atoms with E-state index in [-0.39, 0.29) is 18.6 Å². The lowest BCUT2D eigenvalue weighted by Crippen LogP contribution is -2.51. The molecule has 0 spiro atoms. The van der Waals surface area contributed by atoms with E-state index in [9.17, 15) is 4.79 Å². The topological polar surface area (TPSA) is 48.0 Å². The third-order valence-corrected chi connectivity index (χ3v) is 4.05. The number of carbonyl (C=O) groups excluding carboxylic acids is 1. The van der Waals surface area contributed by atoms with Crippen LogP contribution in [-0.4, -0.2) is 49.8 Å². The molecule has 118 valence electrons. The van der Waals surface area contributed by atoms with Gasteiger partial charge in [-0.1, -0.05) is 12.1 Å². The number of rotatable bonds is 4. The number of nitrogens with zero attached hydrogens (tertiary/aromatic N) is 1. The zero-order valence-electron chi connectivity index (χ0n) is 13.4. The Morgan fingerprint density at radius 2 is 2.05 bits per heavy atom. The van der Waals surface area contributed by atoms with Gasteiger partial charge in [-0.25, -0.2) is 0 Å². The highest BCUT2D eigenvalue weighted by molar-refractivity contribution is 6.61. The Balaban J connectivity index is 1.47. The Morgan fingerprint density at radius 1 is 1.36 bits per heavy atom. The van der Waals surface area contributed by atoms with Crippen molar-refractivity contribution in [1.82, 2.24) is 4.90 Å². The molecule has 1 aromatic carbocycles. The lowest BCUT2D eigenvalue weighted by atomic mass is 9.79. The van der Waals surface area contributed by atoms with Crippen LogP contribution in [0.15, 0.2) is 24.3 Å². The van der Waals surface area contributed by atoms with Gasteiger partial charge in [0.15, 0.2) is 0 Å². The van der Waals surface area contributed by atoms with Gasteiger partial charge in [0, 0.05) is 25.9 Å². The summed E-state index contributed by atoms with van der Waals surface area (Å²) in [5.74, 6) is 1.41. The molecule has 0 unspecified atom stereocenters. The van der Waals surface area contributed by atoms with Crippen LogP contribution in [-0.2, 0) is 14.1 Å². The minimum atomic E-state index is -0.292. The normalized spacial score (nSPS) is 20.9. The molecule has 3 rings (SSSR count). The van der Waals surface area contributed by atoms with E-state index in [1.54, 1.807) is 6.92 Å². The zero-order chi connectivity index (χ0) is 15.7. The maximum Gasteiger partial charge on any atom is 0.494 e. The van der Waals surface area contributed by atoms with E-state index >= 15 is 0 Å². The number of amides is 1. The molecule has 2 heterocycles. The lowest BCUT2D eigenvalue weighted by Gasteiger charge is -2.38. The van der Waals surface area contributed by atoms with Gasteiger partial charge in [-0.15, -0.1) is 0 Å². The molecule has 0 saturated carbocycles. The largest absolute Gasteiger partial charge is 0.494 e. The van der Waals surface area contributed by atoms with Gasteiger partial charge in [0.1, 0.15) is 5.75 Å². The summed E-state index contributed by atoms with van der Waals surface area (Å²) in [6.07, 6.45) is 0. The predicted octanol–water partition coefficient (Wildman–Crippen LogP) is 1.06. The third kappa shape index (κ3) is 3.44. The fraction of sp³-hybridized carbons (Fsp3) is 0.562. The van der Waals surface area contributed by atoms with Crippen molar-refractivity contribution in [3.8, 4) is 5.75 Å². The Labute approximate surface area is 131 Å². The number of benzene rings is 1. The van der Waals surface area contributed by atoms with Crippen molar-refractivity contribution in [2.45, 2.75) is 26.4 Å². The zero-order valence-corrected chi connectivity index (χ0v) is 13.4. The van der Waals surface area contributed by atoms with Crippen LogP contribution in [0, 0.1) is 5.92 Å². The van der Waals surface area contributed by atoms with Crippen molar-refractivity contribution < 1.29 is 18.8 Å². The van der Waals surface area contributed by atoms with Crippen LogP contribution >= 0.6 is 0 Å². The maximum absolute atomic E-state index is 11.1. The van der Waals surface area contributed by atoms with Gasteiger partial charge in [-0.05, 0) is 31.4 Å². The fourth-order valence-corrected chi connectivity index (χ4v) is 2.67. The monoisotopic (exact) mass is 303 g/mol. The van der Waals surface area contributed by atoms with Crippen LogP contribution in [0.2, 0.25) is 0 Å². The quantitative estimate of drug-likeness (QED) is 0.781. The molecule has 1 aromatic rings. The van der Waals surface area contributed by atoms with Crippen LogP contribution in [0.5, 0.6) is 5.75 Å². The van der Waals surface area contributed by atoms with Crippen molar-refractivity contribution in [3.63, 3.8) is 0 Å². The van der Waals surface area contributed by atoms with E-state index in [1.165, 1.54) is 0 Å². The van der Waals surface area contributed by atoms with Crippen LogP contribution in [0.4, 0.5) is 0 Å². The minimum absolute atomic E-state index is 0.139. The molecule has 6 heteroatoms. The van der Waals surface area contributed by atoms with Crippen LogP contribution < -0.4 is 10.2 Å². The van der Waals surface area contributed by atoms with Crippen molar-refractivity contribution in [3.05, 3.63) is 24.3 Å². The smallest absolute Gasteiger partial charge is 0.493 e. The first kappa shape index (κ1) is 15.4. The summed E-state index contributed by atoms with van der Waals surface area (Å²) < 4.78 is 17.3. The number of hydrogen-bond acceptors (Lipinski definition) is 4. The average Bonchev–Trinajstić information content (AvgIpc) is 2.77.